The van der Waals surface area contributed by atoms with Crippen molar-refractivity contribution in [3.63, 3.8) is 0 Å². The molecule has 0 spiro atoms. The Morgan fingerprint density at radius 1 is 1.03 bits per heavy atom. The summed E-state index contributed by atoms with van der Waals surface area (Å²) in [6.07, 6.45) is -0.459. The zero-order valence-electron chi connectivity index (χ0n) is 18.2. The number of anilines is 1. The molecule has 0 saturated carbocycles. The molecule has 0 aliphatic heterocycles. The third kappa shape index (κ3) is 5.78. The second-order valence-corrected chi connectivity index (χ2v) is 8.37. The van der Waals surface area contributed by atoms with Crippen LogP contribution in [0.15, 0.2) is 84.0 Å². The van der Waals surface area contributed by atoms with Gasteiger partial charge in [-0.2, -0.15) is 0 Å². The number of benzene rings is 3. The van der Waals surface area contributed by atoms with Gasteiger partial charge in [0.1, 0.15) is 11.6 Å². The minimum absolute atomic E-state index is 0.136. The van der Waals surface area contributed by atoms with Crippen LogP contribution >= 0.6 is 11.8 Å². The fourth-order valence-corrected chi connectivity index (χ4v) is 3.95. The maximum Gasteiger partial charge on any atom is 0.234 e. The SMILES string of the molecule is Cc1ccc(NC(=O)CSc2nnc(C(C)Oc3ccc(F)cc3)n2-c2ccccc2)cc1. The summed E-state index contributed by atoms with van der Waals surface area (Å²) in [4.78, 5) is 12.5. The molecule has 0 aliphatic carbocycles. The van der Waals surface area contributed by atoms with E-state index in [4.69, 9.17) is 4.74 Å². The summed E-state index contributed by atoms with van der Waals surface area (Å²) >= 11 is 1.29. The van der Waals surface area contributed by atoms with Crippen molar-refractivity contribution < 1.29 is 13.9 Å². The Morgan fingerprint density at radius 2 is 1.73 bits per heavy atom. The Hall–Kier alpha value is -3.65. The number of hydrogen-bond donors (Lipinski definition) is 1. The van der Waals surface area contributed by atoms with Gasteiger partial charge < -0.3 is 10.1 Å². The molecule has 1 aromatic heterocycles. The molecule has 0 fully saturated rings. The first-order valence-electron chi connectivity index (χ1n) is 10.4. The Labute approximate surface area is 195 Å². The van der Waals surface area contributed by atoms with Crippen LogP contribution in [-0.4, -0.2) is 26.4 Å². The molecule has 0 bridgehead atoms. The lowest BCUT2D eigenvalue weighted by molar-refractivity contribution is -0.113. The summed E-state index contributed by atoms with van der Waals surface area (Å²) in [5.74, 6) is 0.810. The van der Waals surface area contributed by atoms with E-state index >= 15 is 0 Å². The number of halogens is 1. The lowest BCUT2D eigenvalue weighted by Crippen LogP contribution is -2.15. The van der Waals surface area contributed by atoms with E-state index in [0.717, 1.165) is 16.9 Å². The van der Waals surface area contributed by atoms with Crippen LogP contribution in [0.25, 0.3) is 5.69 Å². The number of carbonyl (C=O) groups excluding carboxylic acids is 1. The zero-order chi connectivity index (χ0) is 23.2. The smallest absolute Gasteiger partial charge is 0.234 e. The summed E-state index contributed by atoms with van der Waals surface area (Å²) in [6, 6.07) is 23.1. The van der Waals surface area contributed by atoms with Crippen LogP contribution < -0.4 is 10.1 Å². The van der Waals surface area contributed by atoms with Crippen molar-refractivity contribution in [2.75, 3.05) is 11.1 Å². The number of aryl methyl sites for hydroxylation is 1. The molecule has 8 heteroatoms. The number of thioether (sulfide) groups is 1. The predicted octanol–water partition coefficient (Wildman–Crippen LogP) is 5.59. The summed E-state index contributed by atoms with van der Waals surface area (Å²) in [5, 5.41) is 12.1. The summed E-state index contributed by atoms with van der Waals surface area (Å²) in [6.45, 7) is 3.85. The van der Waals surface area contributed by atoms with Gasteiger partial charge in [-0.3, -0.25) is 9.36 Å². The van der Waals surface area contributed by atoms with Gasteiger partial charge in [-0.05, 0) is 62.4 Å². The lowest BCUT2D eigenvalue weighted by atomic mass is 10.2. The number of rotatable bonds is 8. The number of nitrogens with zero attached hydrogens (tertiary/aromatic N) is 3. The van der Waals surface area contributed by atoms with Gasteiger partial charge in [-0.1, -0.05) is 47.7 Å². The highest BCUT2D eigenvalue weighted by Crippen LogP contribution is 2.28. The zero-order valence-corrected chi connectivity index (χ0v) is 19.1. The Balaban J connectivity index is 1.52. The van der Waals surface area contributed by atoms with Crippen molar-refractivity contribution in [1.82, 2.24) is 14.8 Å². The highest BCUT2D eigenvalue weighted by atomic mass is 32.2. The Kier molecular flexibility index (Phi) is 7.04. The van der Waals surface area contributed by atoms with E-state index < -0.39 is 6.10 Å². The standard InChI is InChI=1S/C25H23FN4O2S/c1-17-8-12-20(13-9-17)27-23(31)16-33-25-29-28-24(30(25)21-6-4-3-5-7-21)18(2)32-22-14-10-19(26)11-15-22/h3-15,18H,16H2,1-2H3,(H,27,31). The molecule has 1 atom stereocenters. The molecule has 0 aliphatic rings. The molecule has 6 nitrogen and oxygen atoms in total. The van der Waals surface area contributed by atoms with Crippen molar-refractivity contribution in [3.8, 4) is 11.4 Å². The molecule has 4 rings (SSSR count). The van der Waals surface area contributed by atoms with Crippen LogP contribution in [0.4, 0.5) is 10.1 Å². The Morgan fingerprint density at radius 3 is 2.42 bits per heavy atom. The fourth-order valence-electron chi connectivity index (χ4n) is 3.19. The van der Waals surface area contributed by atoms with Gasteiger partial charge in [0.25, 0.3) is 0 Å². The summed E-state index contributed by atoms with van der Waals surface area (Å²) in [5.41, 5.74) is 2.73. The number of amides is 1. The number of hydrogen-bond acceptors (Lipinski definition) is 5. The van der Waals surface area contributed by atoms with E-state index in [2.05, 4.69) is 15.5 Å². The van der Waals surface area contributed by atoms with Crippen LogP contribution in [0, 0.1) is 12.7 Å². The van der Waals surface area contributed by atoms with Gasteiger partial charge in [0.05, 0.1) is 5.75 Å². The van der Waals surface area contributed by atoms with Gasteiger partial charge in [0.2, 0.25) is 5.91 Å². The van der Waals surface area contributed by atoms with Gasteiger partial charge >= 0.3 is 0 Å². The number of nitrogens with one attached hydrogen (secondary N) is 1. The maximum absolute atomic E-state index is 13.2. The molecule has 4 aromatic rings. The average Bonchev–Trinajstić information content (AvgIpc) is 3.25. The van der Waals surface area contributed by atoms with E-state index in [0.29, 0.717) is 16.7 Å². The fraction of sp³-hybridized carbons (Fsp3) is 0.160. The molecular weight excluding hydrogens is 439 g/mol. The van der Waals surface area contributed by atoms with Crippen molar-refractivity contribution in [2.24, 2.45) is 0 Å². The van der Waals surface area contributed by atoms with Gasteiger partial charge in [0, 0.05) is 11.4 Å². The minimum Gasteiger partial charge on any atom is -0.483 e. The van der Waals surface area contributed by atoms with E-state index in [1.807, 2.05) is 73.0 Å². The van der Waals surface area contributed by atoms with Gasteiger partial charge in [0.15, 0.2) is 17.1 Å². The third-order valence-electron chi connectivity index (χ3n) is 4.83. The van der Waals surface area contributed by atoms with E-state index in [9.17, 15) is 9.18 Å². The van der Waals surface area contributed by atoms with Crippen LogP contribution in [0.5, 0.6) is 5.75 Å². The number of ether oxygens (including phenoxy) is 1. The molecule has 1 N–H and O–H groups in total. The molecular formula is C25H23FN4O2S. The highest BCUT2D eigenvalue weighted by molar-refractivity contribution is 7.99. The minimum atomic E-state index is -0.459. The molecule has 0 radical (unpaired) electrons. The summed E-state index contributed by atoms with van der Waals surface area (Å²) < 4.78 is 21.1. The van der Waals surface area contributed by atoms with Crippen molar-refractivity contribution in [3.05, 3.63) is 96.1 Å². The van der Waals surface area contributed by atoms with Crippen LogP contribution in [0.1, 0.15) is 24.4 Å². The predicted molar refractivity (Wildman–Crippen MR) is 127 cm³/mol. The topological polar surface area (TPSA) is 69.0 Å². The van der Waals surface area contributed by atoms with E-state index in [1.165, 1.54) is 23.9 Å². The van der Waals surface area contributed by atoms with Crippen LogP contribution in [-0.2, 0) is 4.79 Å². The molecule has 1 unspecified atom stereocenters. The van der Waals surface area contributed by atoms with E-state index in [1.54, 1.807) is 12.1 Å². The number of aromatic nitrogens is 3. The van der Waals surface area contributed by atoms with Crippen LogP contribution in [0.2, 0.25) is 0 Å². The van der Waals surface area contributed by atoms with Crippen molar-refractivity contribution >= 4 is 23.4 Å². The van der Waals surface area contributed by atoms with Crippen LogP contribution in [0.3, 0.4) is 0 Å². The monoisotopic (exact) mass is 462 g/mol. The molecule has 1 heterocycles. The molecule has 33 heavy (non-hydrogen) atoms. The van der Waals surface area contributed by atoms with Gasteiger partial charge in [-0.25, -0.2) is 4.39 Å². The first kappa shape index (κ1) is 22.5. The lowest BCUT2D eigenvalue weighted by Gasteiger charge is -2.16. The molecule has 3 aromatic carbocycles. The first-order chi connectivity index (χ1) is 16.0. The second-order valence-electron chi connectivity index (χ2n) is 7.43. The second kappa shape index (κ2) is 10.3. The maximum atomic E-state index is 13.2. The molecule has 168 valence electrons. The quantitative estimate of drug-likeness (QED) is 0.346. The summed E-state index contributed by atoms with van der Waals surface area (Å²) in [7, 11) is 0. The van der Waals surface area contributed by atoms with Gasteiger partial charge in [-0.15, -0.1) is 10.2 Å². The molecule has 0 saturated heterocycles. The molecule has 1 amide bonds. The number of carbonyl (C=O) groups is 1. The van der Waals surface area contributed by atoms with Crippen molar-refractivity contribution in [2.45, 2.75) is 25.1 Å². The first-order valence-corrected chi connectivity index (χ1v) is 11.4. The van der Waals surface area contributed by atoms with E-state index in [-0.39, 0.29) is 17.5 Å². The van der Waals surface area contributed by atoms with Crippen molar-refractivity contribution in [1.29, 1.82) is 0 Å². The normalized spacial score (nSPS) is 11.7. The number of para-hydroxylation sites is 1. The Bertz CT molecular complexity index is 1210. The largest absolute Gasteiger partial charge is 0.483 e. The average molecular weight is 463 g/mol. The third-order valence-corrected chi connectivity index (χ3v) is 5.76. The highest BCUT2D eigenvalue weighted by Gasteiger charge is 2.21.